The largest absolute Gasteiger partial charge is 0.495 e. The monoisotopic (exact) mass is 285 g/mol. The maximum atomic E-state index is 10.6. The van der Waals surface area contributed by atoms with E-state index in [1.54, 1.807) is 19.2 Å². The molecule has 21 heavy (non-hydrogen) atoms. The van der Waals surface area contributed by atoms with Gasteiger partial charge in [0, 0.05) is 12.1 Å². The van der Waals surface area contributed by atoms with Crippen molar-refractivity contribution < 1.29 is 9.66 Å². The Kier molecular flexibility index (Phi) is 4.50. The van der Waals surface area contributed by atoms with Crippen LogP contribution in [0.2, 0.25) is 0 Å². The number of methoxy groups -OCH3 is 1. The molecule has 1 N–H and O–H groups in total. The number of ether oxygens (including phenoxy) is 1. The summed E-state index contributed by atoms with van der Waals surface area (Å²) in [5, 5.41) is 14.9. The molecule has 2 aromatic rings. The summed E-state index contributed by atoms with van der Waals surface area (Å²) in [7, 11) is 1.59. The minimum Gasteiger partial charge on any atom is -0.495 e. The third-order valence-electron chi connectivity index (χ3n) is 2.95. The number of non-ortho nitro benzene ring substituents is 1. The smallest absolute Gasteiger partial charge is 0.269 e. The van der Waals surface area contributed by atoms with Crippen LogP contribution < -0.4 is 10.2 Å². The van der Waals surface area contributed by atoms with Gasteiger partial charge in [0.1, 0.15) is 5.75 Å². The summed E-state index contributed by atoms with van der Waals surface area (Å²) in [6.07, 6.45) is 0. The van der Waals surface area contributed by atoms with Crippen molar-refractivity contribution in [1.29, 1.82) is 0 Å². The Bertz CT molecular complexity index is 666. The first-order chi connectivity index (χ1) is 10.1. The van der Waals surface area contributed by atoms with E-state index in [9.17, 15) is 10.1 Å². The van der Waals surface area contributed by atoms with E-state index in [4.69, 9.17) is 4.74 Å². The maximum absolute atomic E-state index is 10.6. The summed E-state index contributed by atoms with van der Waals surface area (Å²) in [4.78, 5) is 10.2. The summed E-state index contributed by atoms with van der Waals surface area (Å²) < 4.78 is 5.22. The molecule has 0 bridgehead atoms. The molecule has 0 aliphatic heterocycles. The predicted octanol–water partition coefficient (Wildman–Crippen LogP) is 3.44. The molecule has 0 aromatic heterocycles. The zero-order valence-electron chi connectivity index (χ0n) is 11.7. The second-order valence-electron chi connectivity index (χ2n) is 4.31. The van der Waals surface area contributed by atoms with Crippen LogP contribution in [0.5, 0.6) is 5.75 Å². The van der Waals surface area contributed by atoms with Crippen LogP contribution in [0.1, 0.15) is 12.5 Å². The fraction of sp³-hybridized carbons (Fsp3) is 0.133. The van der Waals surface area contributed by atoms with Crippen LogP contribution >= 0.6 is 0 Å². The average Bonchev–Trinajstić information content (AvgIpc) is 2.52. The van der Waals surface area contributed by atoms with Crippen molar-refractivity contribution in [2.45, 2.75) is 6.92 Å². The molecule has 6 nitrogen and oxygen atoms in total. The van der Waals surface area contributed by atoms with Crippen LogP contribution in [0.15, 0.2) is 53.6 Å². The van der Waals surface area contributed by atoms with Crippen LogP contribution in [-0.4, -0.2) is 17.7 Å². The normalized spacial score (nSPS) is 11.0. The standard InChI is InChI=1S/C15H15N3O3/c1-11(12-7-9-13(10-8-12)18(19)20)16-17-14-5-3-4-6-15(14)21-2/h3-10,17H,1-2H3/b16-11+. The van der Waals surface area contributed by atoms with Crippen LogP contribution in [-0.2, 0) is 0 Å². The highest BCUT2D eigenvalue weighted by Gasteiger charge is 2.06. The van der Waals surface area contributed by atoms with E-state index in [1.165, 1.54) is 12.1 Å². The molecule has 0 spiro atoms. The lowest BCUT2D eigenvalue weighted by Crippen LogP contribution is -2.01. The Hall–Kier alpha value is -2.89. The first-order valence-electron chi connectivity index (χ1n) is 6.30. The van der Waals surface area contributed by atoms with Gasteiger partial charge in [0.05, 0.1) is 23.4 Å². The highest BCUT2D eigenvalue weighted by Crippen LogP contribution is 2.23. The van der Waals surface area contributed by atoms with Gasteiger partial charge in [-0.05, 0) is 36.8 Å². The molecule has 0 saturated carbocycles. The molecule has 0 amide bonds. The van der Waals surface area contributed by atoms with E-state index in [0.717, 1.165) is 17.0 Å². The van der Waals surface area contributed by atoms with Gasteiger partial charge in [0.25, 0.3) is 5.69 Å². The molecule has 0 unspecified atom stereocenters. The number of hydrogen-bond donors (Lipinski definition) is 1. The van der Waals surface area contributed by atoms with E-state index in [0.29, 0.717) is 5.75 Å². The molecule has 108 valence electrons. The van der Waals surface area contributed by atoms with Gasteiger partial charge in [-0.1, -0.05) is 12.1 Å². The molecular formula is C15H15N3O3. The highest BCUT2D eigenvalue weighted by atomic mass is 16.6. The number of nitrogens with one attached hydrogen (secondary N) is 1. The number of nitro benzene ring substituents is 1. The van der Waals surface area contributed by atoms with Gasteiger partial charge < -0.3 is 4.74 Å². The predicted molar refractivity (Wildman–Crippen MR) is 81.9 cm³/mol. The lowest BCUT2D eigenvalue weighted by atomic mass is 10.1. The Morgan fingerprint density at radius 2 is 1.86 bits per heavy atom. The number of nitrogens with zero attached hydrogens (tertiary/aromatic N) is 2. The molecule has 2 aromatic carbocycles. The second-order valence-corrected chi connectivity index (χ2v) is 4.31. The molecule has 6 heteroatoms. The molecule has 0 radical (unpaired) electrons. The van der Waals surface area contributed by atoms with Crippen molar-refractivity contribution in [2.24, 2.45) is 5.10 Å². The van der Waals surface area contributed by atoms with Crippen LogP contribution in [0.3, 0.4) is 0 Å². The lowest BCUT2D eigenvalue weighted by molar-refractivity contribution is -0.384. The summed E-state index contributed by atoms with van der Waals surface area (Å²) in [6, 6.07) is 13.7. The Morgan fingerprint density at radius 1 is 1.19 bits per heavy atom. The maximum Gasteiger partial charge on any atom is 0.269 e. The SMILES string of the molecule is COc1ccccc1N/N=C(\C)c1ccc([N+](=O)[O-])cc1. The van der Waals surface area contributed by atoms with E-state index >= 15 is 0 Å². The van der Waals surface area contributed by atoms with Gasteiger partial charge in [0.15, 0.2) is 0 Å². The van der Waals surface area contributed by atoms with E-state index in [1.807, 2.05) is 31.2 Å². The van der Waals surface area contributed by atoms with Crippen LogP contribution in [0.4, 0.5) is 11.4 Å². The van der Waals surface area contributed by atoms with Gasteiger partial charge in [-0.15, -0.1) is 0 Å². The number of hydrazone groups is 1. The second kappa shape index (κ2) is 6.51. The molecule has 0 atom stereocenters. The quantitative estimate of drug-likeness (QED) is 0.518. The van der Waals surface area contributed by atoms with E-state index in [2.05, 4.69) is 10.5 Å². The third kappa shape index (κ3) is 3.56. The first-order valence-corrected chi connectivity index (χ1v) is 6.30. The third-order valence-corrected chi connectivity index (χ3v) is 2.95. The number of para-hydroxylation sites is 2. The van der Waals surface area contributed by atoms with Crippen molar-refractivity contribution in [1.82, 2.24) is 0 Å². The zero-order chi connectivity index (χ0) is 15.2. The molecular weight excluding hydrogens is 270 g/mol. The van der Waals surface area contributed by atoms with Crippen LogP contribution in [0, 0.1) is 10.1 Å². The molecule has 0 aliphatic rings. The van der Waals surface area contributed by atoms with Gasteiger partial charge in [-0.25, -0.2) is 0 Å². The van der Waals surface area contributed by atoms with Crippen molar-refractivity contribution >= 4 is 17.1 Å². The Morgan fingerprint density at radius 3 is 2.48 bits per heavy atom. The lowest BCUT2D eigenvalue weighted by Gasteiger charge is -2.08. The van der Waals surface area contributed by atoms with Gasteiger partial charge >= 0.3 is 0 Å². The Balaban J connectivity index is 2.15. The van der Waals surface area contributed by atoms with Gasteiger partial charge in [0.2, 0.25) is 0 Å². The minimum atomic E-state index is -0.427. The molecule has 0 saturated heterocycles. The zero-order valence-corrected chi connectivity index (χ0v) is 11.7. The fourth-order valence-corrected chi connectivity index (χ4v) is 1.77. The molecule has 2 rings (SSSR count). The number of anilines is 1. The van der Waals surface area contributed by atoms with Crippen molar-refractivity contribution in [3.8, 4) is 5.75 Å². The topological polar surface area (TPSA) is 76.8 Å². The fourth-order valence-electron chi connectivity index (χ4n) is 1.77. The summed E-state index contributed by atoms with van der Waals surface area (Å²) in [5.41, 5.74) is 5.27. The Labute approximate surface area is 122 Å². The van der Waals surface area contributed by atoms with Crippen LogP contribution in [0.25, 0.3) is 0 Å². The number of nitro groups is 1. The van der Waals surface area contributed by atoms with E-state index < -0.39 is 4.92 Å². The van der Waals surface area contributed by atoms with E-state index in [-0.39, 0.29) is 5.69 Å². The highest BCUT2D eigenvalue weighted by molar-refractivity contribution is 5.99. The first kappa shape index (κ1) is 14.5. The van der Waals surface area contributed by atoms with Crippen molar-refractivity contribution in [3.05, 3.63) is 64.2 Å². The van der Waals surface area contributed by atoms with Crippen molar-refractivity contribution in [2.75, 3.05) is 12.5 Å². The molecule has 0 aliphatic carbocycles. The number of rotatable bonds is 5. The number of benzene rings is 2. The summed E-state index contributed by atoms with van der Waals surface area (Å²) >= 11 is 0. The van der Waals surface area contributed by atoms with Gasteiger partial charge in [-0.3, -0.25) is 15.5 Å². The molecule has 0 heterocycles. The average molecular weight is 285 g/mol. The minimum absolute atomic E-state index is 0.0595. The molecule has 0 fully saturated rings. The van der Waals surface area contributed by atoms with Gasteiger partial charge in [-0.2, -0.15) is 5.10 Å². The summed E-state index contributed by atoms with van der Waals surface area (Å²) in [6.45, 7) is 1.82. The summed E-state index contributed by atoms with van der Waals surface area (Å²) in [5.74, 6) is 0.692. The van der Waals surface area contributed by atoms with Crippen molar-refractivity contribution in [3.63, 3.8) is 0 Å². The number of hydrogen-bond acceptors (Lipinski definition) is 5.